The minimum absolute atomic E-state index is 0.218. The Balaban J connectivity index is 3.81. The van der Waals surface area contributed by atoms with Crippen LogP contribution in [0.5, 0.6) is 0 Å². The van der Waals surface area contributed by atoms with E-state index in [1.54, 1.807) is 0 Å². The Bertz CT molecular complexity index is 889. The predicted molar refractivity (Wildman–Crippen MR) is 226 cm³/mol. The second kappa shape index (κ2) is 41.4. The van der Waals surface area contributed by atoms with Gasteiger partial charge in [0.2, 0.25) is 0 Å². The van der Waals surface area contributed by atoms with Crippen molar-refractivity contribution >= 4 is 19.8 Å². The Labute approximate surface area is 333 Å². The maximum Gasteiger partial charge on any atom is 0.469 e. The Kier molecular flexibility index (Phi) is 40.5. The van der Waals surface area contributed by atoms with Crippen molar-refractivity contribution in [2.45, 2.75) is 251 Å². The van der Waals surface area contributed by atoms with Crippen LogP contribution >= 0.6 is 7.82 Å². The highest BCUT2D eigenvalue weighted by Crippen LogP contribution is 2.36. The second-order valence-corrected chi connectivity index (χ2v) is 17.0. The van der Waals surface area contributed by atoms with E-state index in [-0.39, 0.29) is 19.4 Å². The lowest BCUT2D eigenvalue weighted by molar-refractivity contribution is -0.161. The lowest BCUT2D eigenvalue weighted by Gasteiger charge is -2.18. The lowest BCUT2D eigenvalue weighted by Crippen LogP contribution is -2.29. The molecular formula is C45H87O8P. The summed E-state index contributed by atoms with van der Waals surface area (Å²) in [4.78, 5) is 42.9. The number of esters is 2. The first kappa shape index (κ1) is 52.8. The molecule has 0 bridgehead atoms. The van der Waals surface area contributed by atoms with Gasteiger partial charge in [0.05, 0.1) is 6.61 Å². The number of ether oxygens (including phenoxy) is 2. The normalized spacial score (nSPS) is 12.4. The zero-order chi connectivity index (χ0) is 39.6. The van der Waals surface area contributed by atoms with E-state index in [1.807, 2.05) is 0 Å². The molecule has 0 aliphatic heterocycles. The number of unbranched alkanes of at least 4 members (excludes halogenated alkanes) is 31. The summed E-state index contributed by atoms with van der Waals surface area (Å²) in [6, 6.07) is 0. The van der Waals surface area contributed by atoms with E-state index in [2.05, 4.69) is 30.5 Å². The van der Waals surface area contributed by atoms with Crippen LogP contribution in [-0.2, 0) is 28.2 Å². The number of allylic oxidation sites excluding steroid dienone is 2. The van der Waals surface area contributed by atoms with Crippen LogP contribution in [0.2, 0.25) is 0 Å². The second-order valence-electron chi connectivity index (χ2n) is 15.7. The lowest BCUT2D eigenvalue weighted by atomic mass is 10.0. The van der Waals surface area contributed by atoms with E-state index in [0.717, 1.165) is 32.1 Å². The number of carbonyl (C=O) groups excluding carboxylic acids is 2. The van der Waals surface area contributed by atoms with Gasteiger partial charge in [0.25, 0.3) is 0 Å². The molecule has 0 rings (SSSR count). The number of carbonyl (C=O) groups is 2. The molecule has 0 aliphatic rings. The molecule has 8 nitrogen and oxygen atoms in total. The molecule has 54 heavy (non-hydrogen) atoms. The van der Waals surface area contributed by atoms with Crippen LogP contribution in [0.1, 0.15) is 245 Å². The number of rotatable bonds is 43. The van der Waals surface area contributed by atoms with Crippen LogP contribution < -0.4 is 0 Å². The molecule has 0 saturated carbocycles. The van der Waals surface area contributed by atoms with Crippen molar-refractivity contribution in [2.75, 3.05) is 13.2 Å². The first-order valence-corrected chi connectivity index (χ1v) is 24.5. The number of hydrogen-bond donors (Lipinski definition) is 2. The van der Waals surface area contributed by atoms with Crippen LogP contribution in [0.25, 0.3) is 0 Å². The summed E-state index contributed by atoms with van der Waals surface area (Å²) in [7, 11) is -4.75. The van der Waals surface area contributed by atoms with Gasteiger partial charge in [-0.2, -0.15) is 0 Å². The maximum absolute atomic E-state index is 12.4. The van der Waals surface area contributed by atoms with Gasteiger partial charge in [-0.1, -0.05) is 206 Å². The van der Waals surface area contributed by atoms with Gasteiger partial charge < -0.3 is 19.3 Å². The average molecular weight is 787 g/mol. The molecule has 0 saturated heterocycles. The highest BCUT2D eigenvalue weighted by molar-refractivity contribution is 7.46. The summed E-state index contributed by atoms with van der Waals surface area (Å²) in [5.74, 6) is -0.871. The zero-order valence-electron chi connectivity index (χ0n) is 35.4. The minimum Gasteiger partial charge on any atom is -0.462 e. The molecule has 0 aliphatic carbocycles. The van der Waals surface area contributed by atoms with E-state index < -0.39 is 32.5 Å². The Morgan fingerprint density at radius 1 is 0.463 bits per heavy atom. The molecule has 0 spiro atoms. The first-order chi connectivity index (χ1) is 26.3. The third-order valence-electron chi connectivity index (χ3n) is 10.3. The van der Waals surface area contributed by atoms with Crippen LogP contribution in [0.15, 0.2) is 12.2 Å². The highest BCUT2D eigenvalue weighted by Gasteiger charge is 2.23. The molecule has 0 unspecified atom stereocenters. The SMILES string of the molecule is CCCCCCCC/C=C/CCCCCCCCCCCCCC(=O)OC[C@H](COP(=O)(O)O)OC(=O)CCCCCCCCCCCCCCCCC. The standard InChI is InChI=1S/C45H87O8P/c1-3-5-7-9-11-13-15-17-19-20-21-22-23-24-26-27-29-31-33-35-37-39-44(46)51-41-43(42-52-54(48,49)50)53-45(47)40-38-36-34-32-30-28-25-18-16-14-12-10-8-6-4-2/h17,19,43H,3-16,18,20-42H2,1-2H3,(H2,48,49,50)/b19-17+/t43-/m1/s1. The van der Waals surface area contributed by atoms with Crippen LogP contribution in [-0.4, -0.2) is 41.0 Å². The fourth-order valence-electron chi connectivity index (χ4n) is 6.84. The van der Waals surface area contributed by atoms with Gasteiger partial charge in [-0.15, -0.1) is 0 Å². The molecule has 2 N–H and O–H groups in total. The molecule has 0 fully saturated rings. The van der Waals surface area contributed by atoms with Crippen molar-refractivity contribution in [3.63, 3.8) is 0 Å². The number of hydrogen-bond acceptors (Lipinski definition) is 6. The topological polar surface area (TPSA) is 119 Å². The van der Waals surface area contributed by atoms with Crippen LogP contribution in [0.4, 0.5) is 0 Å². The fraction of sp³-hybridized carbons (Fsp3) is 0.911. The molecule has 0 aromatic heterocycles. The van der Waals surface area contributed by atoms with Crippen molar-refractivity contribution in [1.82, 2.24) is 0 Å². The summed E-state index contributed by atoms with van der Waals surface area (Å²) < 4.78 is 26.5. The number of phosphoric acid groups is 1. The van der Waals surface area contributed by atoms with E-state index >= 15 is 0 Å². The van der Waals surface area contributed by atoms with Gasteiger partial charge in [-0.05, 0) is 38.5 Å². The predicted octanol–water partition coefficient (Wildman–Crippen LogP) is 14.2. The largest absolute Gasteiger partial charge is 0.469 e. The summed E-state index contributed by atoms with van der Waals surface area (Å²) in [5, 5.41) is 0. The Morgan fingerprint density at radius 3 is 1.13 bits per heavy atom. The van der Waals surface area contributed by atoms with Gasteiger partial charge in [0, 0.05) is 12.8 Å². The van der Waals surface area contributed by atoms with Crippen LogP contribution in [0, 0.1) is 0 Å². The van der Waals surface area contributed by atoms with E-state index in [1.165, 1.54) is 180 Å². The highest BCUT2D eigenvalue weighted by atomic mass is 31.2. The van der Waals surface area contributed by atoms with E-state index in [9.17, 15) is 14.2 Å². The monoisotopic (exact) mass is 787 g/mol. The Hall–Kier alpha value is -1.21. The van der Waals surface area contributed by atoms with Gasteiger partial charge in [0.15, 0.2) is 6.10 Å². The molecule has 1 atom stereocenters. The molecule has 0 amide bonds. The quantitative estimate of drug-likeness (QED) is 0.0271. The average Bonchev–Trinajstić information content (AvgIpc) is 3.14. The van der Waals surface area contributed by atoms with Crippen molar-refractivity contribution in [1.29, 1.82) is 0 Å². The van der Waals surface area contributed by atoms with Gasteiger partial charge in [-0.3, -0.25) is 14.1 Å². The third kappa shape index (κ3) is 43.5. The van der Waals surface area contributed by atoms with Crippen LogP contribution in [0.3, 0.4) is 0 Å². The Morgan fingerprint density at radius 2 is 0.778 bits per heavy atom. The first-order valence-electron chi connectivity index (χ1n) is 23.0. The summed E-state index contributed by atoms with van der Waals surface area (Å²) in [6.07, 6.45) is 46.5. The van der Waals surface area contributed by atoms with Crippen molar-refractivity contribution in [3.8, 4) is 0 Å². The van der Waals surface area contributed by atoms with Crippen molar-refractivity contribution < 1.29 is 37.9 Å². The molecule has 9 heteroatoms. The minimum atomic E-state index is -4.75. The molecule has 0 heterocycles. The summed E-state index contributed by atoms with van der Waals surface area (Å²) in [6.45, 7) is 3.72. The maximum atomic E-state index is 12.4. The van der Waals surface area contributed by atoms with E-state index in [4.69, 9.17) is 19.3 Å². The van der Waals surface area contributed by atoms with E-state index in [0.29, 0.717) is 6.42 Å². The molecule has 0 radical (unpaired) electrons. The number of phosphoric ester groups is 1. The third-order valence-corrected chi connectivity index (χ3v) is 10.8. The van der Waals surface area contributed by atoms with Gasteiger partial charge >= 0.3 is 19.8 Å². The molecular weight excluding hydrogens is 699 g/mol. The molecule has 0 aromatic carbocycles. The fourth-order valence-corrected chi connectivity index (χ4v) is 7.20. The summed E-state index contributed by atoms with van der Waals surface area (Å²) in [5.41, 5.74) is 0. The molecule has 0 aromatic rings. The van der Waals surface area contributed by atoms with Crippen molar-refractivity contribution in [2.24, 2.45) is 0 Å². The zero-order valence-corrected chi connectivity index (χ0v) is 36.3. The van der Waals surface area contributed by atoms with Gasteiger partial charge in [-0.25, -0.2) is 4.57 Å². The smallest absolute Gasteiger partial charge is 0.462 e. The van der Waals surface area contributed by atoms with Crippen molar-refractivity contribution in [3.05, 3.63) is 12.2 Å². The van der Waals surface area contributed by atoms with Gasteiger partial charge in [0.1, 0.15) is 6.61 Å². The molecule has 320 valence electrons. The summed E-state index contributed by atoms with van der Waals surface area (Å²) >= 11 is 0.